The normalized spacial score (nSPS) is 43.0. The van der Waals surface area contributed by atoms with E-state index in [-0.39, 0.29) is 5.41 Å². The maximum Gasteiger partial charge on any atom is 0.133 e. The molecule has 132 valence electrons. The van der Waals surface area contributed by atoms with Crippen LogP contribution in [0.4, 0.5) is 0 Å². The van der Waals surface area contributed by atoms with Gasteiger partial charge in [0.25, 0.3) is 0 Å². The van der Waals surface area contributed by atoms with Gasteiger partial charge in [0.05, 0.1) is 18.1 Å². The highest BCUT2D eigenvalue weighted by Gasteiger charge is 2.56. The van der Waals surface area contributed by atoms with Gasteiger partial charge in [0.2, 0.25) is 0 Å². The Morgan fingerprint density at radius 2 is 2.04 bits per heavy atom. The first-order valence-electron chi connectivity index (χ1n) is 9.83. The molecule has 0 saturated heterocycles. The van der Waals surface area contributed by atoms with Gasteiger partial charge in [-0.15, -0.1) is 5.10 Å². The van der Waals surface area contributed by atoms with Crippen LogP contribution in [-0.4, -0.2) is 20.8 Å². The van der Waals surface area contributed by atoms with E-state index >= 15 is 0 Å². The summed E-state index contributed by atoms with van der Waals surface area (Å²) in [6, 6.07) is 0. The third kappa shape index (κ3) is 2.03. The molecule has 0 aliphatic heterocycles. The van der Waals surface area contributed by atoms with Gasteiger partial charge in [0.15, 0.2) is 0 Å². The number of rotatable bonds is 1. The molecule has 0 N–H and O–H groups in total. The molecule has 0 spiro atoms. The number of carbonyl (C=O) groups is 1. The lowest BCUT2D eigenvalue weighted by Gasteiger charge is -2.58. The van der Waals surface area contributed by atoms with E-state index in [2.05, 4.69) is 36.3 Å². The molecule has 4 nitrogen and oxygen atoms in total. The summed E-state index contributed by atoms with van der Waals surface area (Å²) in [6.45, 7) is 4.89. The van der Waals surface area contributed by atoms with Crippen molar-refractivity contribution in [1.82, 2.24) is 15.0 Å². The van der Waals surface area contributed by atoms with Gasteiger partial charge in [-0.1, -0.05) is 30.7 Å². The van der Waals surface area contributed by atoms with Gasteiger partial charge in [-0.25, -0.2) is 4.68 Å². The van der Waals surface area contributed by atoms with Gasteiger partial charge in [-0.3, -0.25) is 4.79 Å². The second-order valence-corrected chi connectivity index (χ2v) is 9.13. The van der Waals surface area contributed by atoms with Crippen LogP contribution < -0.4 is 0 Å². The summed E-state index contributed by atoms with van der Waals surface area (Å²) in [5.41, 5.74) is 3.35. The van der Waals surface area contributed by atoms with Crippen molar-refractivity contribution in [3.05, 3.63) is 30.1 Å². The molecular formula is C21H27N3O. The van der Waals surface area contributed by atoms with Crippen molar-refractivity contribution in [2.45, 2.75) is 58.8 Å². The zero-order valence-electron chi connectivity index (χ0n) is 15.2. The number of ketones is 1. The minimum atomic E-state index is 0.0998. The lowest BCUT2D eigenvalue weighted by molar-refractivity contribution is -0.130. The fourth-order valence-electron chi connectivity index (χ4n) is 6.69. The van der Waals surface area contributed by atoms with Crippen molar-refractivity contribution < 1.29 is 4.79 Å². The number of carbonyl (C=O) groups excluding carboxylic acids is 1. The first kappa shape index (κ1) is 15.5. The van der Waals surface area contributed by atoms with E-state index in [1.54, 1.807) is 11.8 Å². The number of hydrogen-bond donors (Lipinski definition) is 0. The fourth-order valence-corrected chi connectivity index (χ4v) is 6.69. The van der Waals surface area contributed by atoms with E-state index in [4.69, 9.17) is 0 Å². The average molecular weight is 337 g/mol. The highest BCUT2D eigenvalue weighted by molar-refractivity contribution is 5.79. The third-order valence-electron chi connectivity index (χ3n) is 8.16. The van der Waals surface area contributed by atoms with E-state index in [0.29, 0.717) is 23.0 Å². The molecule has 5 unspecified atom stereocenters. The highest BCUT2D eigenvalue weighted by atomic mass is 16.1. The molecule has 5 atom stereocenters. The summed E-state index contributed by atoms with van der Waals surface area (Å²) in [4.78, 5) is 12.0. The summed E-state index contributed by atoms with van der Waals surface area (Å²) in [7, 11) is 0. The SMILES string of the molecule is CC12CCC3C(CCC4CC(=O)CCC43C)C1=CC=C2n1ccnn1. The first-order valence-corrected chi connectivity index (χ1v) is 9.83. The Bertz CT molecular complexity index is 777. The van der Waals surface area contributed by atoms with Gasteiger partial charge in [0.1, 0.15) is 5.78 Å². The zero-order valence-corrected chi connectivity index (χ0v) is 15.2. The minimum absolute atomic E-state index is 0.0998. The van der Waals surface area contributed by atoms with Crippen LogP contribution in [0, 0.1) is 28.6 Å². The Hall–Kier alpha value is -1.71. The standard InChI is InChI=1S/C21H27N3O/c1-20-9-7-15(25)13-14(20)3-4-16-17-5-6-19(24-12-11-22-23-24)21(17,2)10-8-18(16)20/h5-6,11-12,14,16,18H,3-4,7-10,13H2,1-2H3. The van der Waals surface area contributed by atoms with Gasteiger partial charge in [0, 0.05) is 18.3 Å². The van der Waals surface area contributed by atoms with Gasteiger partial charge in [-0.05, 0) is 61.3 Å². The Morgan fingerprint density at radius 3 is 2.84 bits per heavy atom. The molecule has 0 bridgehead atoms. The third-order valence-corrected chi connectivity index (χ3v) is 8.16. The second-order valence-electron chi connectivity index (χ2n) is 9.13. The Morgan fingerprint density at radius 1 is 1.16 bits per heavy atom. The van der Waals surface area contributed by atoms with Crippen LogP contribution in [0.2, 0.25) is 0 Å². The Kier molecular flexibility index (Phi) is 3.20. The predicted molar refractivity (Wildman–Crippen MR) is 96.4 cm³/mol. The number of allylic oxidation sites excluding steroid dienone is 4. The van der Waals surface area contributed by atoms with Gasteiger partial charge in [-0.2, -0.15) is 0 Å². The van der Waals surface area contributed by atoms with E-state index in [0.717, 1.165) is 25.2 Å². The summed E-state index contributed by atoms with van der Waals surface area (Å²) in [5.74, 6) is 2.52. The largest absolute Gasteiger partial charge is 0.300 e. The Balaban J connectivity index is 1.47. The quantitative estimate of drug-likeness (QED) is 0.769. The monoisotopic (exact) mass is 337 g/mol. The van der Waals surface area contributed by atoms with E-state index in [9.17, 15) is 4.79 Å². The van der Waals surface area contributed by atoms with E-state index in [1.165, 1.54) is 31.4 Å². The number of hydrogen-bond acceptors (Lipinski definition) is 3. The predicted octanol–water partition coefficient (Wildman–Crippen LogP) is 4.26. The smallest absolute Gasteiger partial charge is 0.133 e. The molecule has 0 aromatic carbocycles. The summed E-state index contributed by atoms with van der Waals surface area (Å²) in [6.07, 6.45) is 16.0. The number of Topliss-reactive ketones (excluding diaryl/α,β-unsaturated/α-hetero) is 1. The lowest BCUT2D eigenvalue weighted by atomic mass is 9.46. The van der Waals surface area contributed by atoms with Crippen LogP contribution in [0.25, 0.3) is 5.70 Å². The topological polar surface area (TPSA) is 47.8 Å². The van der Waals surface area contributed by atoms with Crippen LogP contribution in [0.15, 0.2) is 30.1 Å². The molecule has 0 amide bonds. The molecule has 4 aliphatic carbocycles. The molecule has 1 aromatic heterocycles. The molecule has 25 heavy (non-hydrogen) atoms. The molecule has 1 aromatic rings. The second kappa shape index (κ2) is 5.15. The molecule has 0 radical (unpaired) electrons. The van der Waals surface area contributed by atoms with Crippen LogP contribution >= 0.6 is 0 Å². The van der Waals surface area contributed by atoms with Crippen molar-refractivity contribution in [2.24, 2.45) is 28.6 Å². The number of aromatic nitrogens is 3. The van der Waals surface area contributed by atoms with Crippen LogP contribution in [0.3, 0.4) is 0 Å². The molecule has 5 rings (SSSR count). The highest BCUT2D eigenvalue weighted by Crippen LogP contribution is 2.65. The molecule has 3 saturated carbocycles. The molecule has 4 heteroatoms. The van der Waals surface area contributed by atoms with Crippen molar-refractivity contribution in [1.29, 1.82) is 0 Å². The first-order chi connectivity index (χ1) is 12.0. The van der Waals surface area contributed by atoms with Crippen LogP contribution in [0.1, 0.15) is 58.8 Å². The molecule has 1 heterocycles. The maximum atomic E-state index is 12.0. The minimum Gasteiger partial charge on any atom is -0.300 e. The Labute approximate surface area is 149 Å². The van der Waals surface area contributed by atoms with E-state index in [1.807, 2.05) is 10.9 Å². The van der Waals surface area contributed by atoms with Crippen LogP contribution in [-0.2, 0) is 4.79 Å². The molecule has 3 fully saturated rings. The summed E-state index contributed by atoms with van der Waals surface area (Å²) in [5, 5.41) is 8.26. The number of fused-ring (bicyclic) bond motifs is 5. The van der Waals surface area contributed by atoms with Gasteiger partial charge >= 0.3 is 0 Å². The van der Waals surface area contributed by atoms with Crippen molar-refractivity contribution >= 4 is 11.5 Å². The lowest BCUT2D eigenvalue weighted by Crippen LogP contribution is -2.51. The summed E-state index contributed by atoms with van der Waals surface area (Å²) >= 11 is 0. The average Bonchev–Trinajstić information content (AvgIpc) is 3.22. The molecular weight excluding hydrogens is 310 g/mol. The zero-order chi connectivity index (χ0) is 17.2. The van der Waals surface area contributed by atoms with Crippen LogP contribution in [0.5, 0.6) is 0 Å². The summed E-state index contributed by atoms with van der Waals surface area (Å²) < 4.78 is 1.95. The molecule has 4 aliphatic rings. The van der Waals surface area contributed by atoms with Gasteiger partial charge < -0.3 is 0 Å². The number of nitrogens with zero attached hydrogens (tertiary/aromatic N) is 3. The maximum absolute atomic E-state index is 12.0. The fraction of sp³-hybridized carbons (Fsp3) is 0.667. The van der Waals surface area contributed by atoms with Crippen molar-refractivity contribution in [2.75, 3.05) is 0 Å². The van der Waals surface area contributed by atoms with Crippen molar-refractivity contribution in [3.8, 4) is 0 Å². The van der Waals surface area contributed by atoms with E-state index < -0.39 is 0 Å². The van der Waals surface area contributed by atoms with Crippen molar-refractivity contribution in [3.63, 3.8) is 0 Å².